The van der Waals surface area contributed by atoms with Gasteiger partial charge in [-0.3, -0.25) is 9.69 Å². The summed E-state index contributed by atoms with van der Waals surface area (Å²) in [6.07, 6.45) is 2.11. The molecule has 0 fully saturated rings. The fourth-order valence-corrected chi connectivity index (χ4v) is 4.07. The minimum Gasteiger partial charge on any atom is -0.493 e. The van der Waals surface area contributed by atoms with Crippen molar-refractivity contribution in [3.8, 4) is 22.9 Å². The Kier molecular flexibility index (Phi) is 6.81. The van der Waals surface area contributed by atoms with Crippen molar-refractivity contribution in [3.63, 3.8) is 0 Å². The van der Waals surface area contributed by atoms with Crippen molar-refractivity contribution in [2.75, 3.05) is 17.8 Å². The van der Waals surface area contributed by atoms with Crippen molar-refractivity contribution in [1.82, 2.24) is 15.2 Å². The number of amides is 1. The van der Waals surface area contributed by atoms with E-state index in [1.807, 2.05) is 50.4 Å². The van der Waals surface area contributed by atoms with Gasteiger partial charge < -0.3 is 9.47 Å². The number of anilines is 1. The molecule has 1 amide bonds. The summed E-state index contributed by atoms with van der Waals surface area (Å²) >= 11 is 7.69. The van der Waals surface area contributed by atoms with E-state index in [-0.39, 0.29) is 11.8 Å². The van der Waals surface area contributed by atoms with Crippen molar-refractivity contribution >= 4 is 35.0 Å². The number of benzene rings is 2. The van der Waals surface area contributed by atoms with Crippen LogP contribution in [-0.2, 0) is 4.79 Å². The van der Waals surface area contributed by atoms with Crippen molar-refractivity contribution < 1.29 is 14.3 Å². The second-order valence-corrected chi connectivity index (χ2v) is 8.28. The maximum Gasteiger partial charge on any atom is 0.247 e. The highest BCUT2D eigenvalue weighted by atomic mass is 35.5. The third-order valence-electron chi connectivity index (χ3n) is 4.97. The van der Waals surface area contributed by atoms with E-state index in [2.05, 4.69) is 15.2 Å². The van der Waals surface area contributed by atoms with Crippen LogP contribution in [0.3, 0.4) is 0 Å². The number of hydrogen-bond donors (Lipinski definition) is 0. The highest BCUT2D eigenvalue weighted by Crippen LogP contribution is 2.46. The third-order valence-corrected chi connectivity index (χ3v) is 5.74. The van der Waals surface area contributed by atoms with E-state index in [4.69, 9.17) is 21.1 Å². The van der Waals surface area contributed by atoms with Gasteiger partial charge >= 0.3 is 0 Å². The Hall–Kier alpha value is -2.84. The molecule has 3 aromatic rings. The highest BCUT2D eigenvalue weighted by molar-refractivity contribution is 7.98. The van der Waals surface area contributed by atoms with Crippen LogP contribution in [0.4, 0.5) is 5.69 Å². The molecule has 32 heavy (non-hydrogen) atoms. The number of ether oxygens (including phenoxy) is 2. The van der Waals surface area contributed by atoms with Gasteiger partial charge in [-0.1, -0.05) is 42.4 Å². The van der Waals surface area contributed by atoms with Gasteiger partial charge in [0.05, 0.1) is 17.9 Å². The van der Waals surface area contributed by atoms with Crippen LogP contribution in [0.2, 0.25) is 5.02 Å². The summed E-state index contributed by atoms with van der Waals surface area (Å²) in [6.45, 7) is 4.37. The summed E-state index contributed by atoms with van der Waals surface area (Å²) in [5.41, 5.74) is 2.43. The topological polar surface area (TPSA) is 77.4 Å². The first-order valence-corrected chi connectivity index (χ1v) is 12.0. The fraction of sp³-hybridized carbons (Fsp3) is 0.304. The maximum absolute atomic E-state index is 13.4. The quantitative estimate of drug-likeness (QED) is 0.438. The lowest BCUT2D eigenvalue weighted by Crippen LogP contribution is -2.37. The Morgan fingerprint density at radius 3 is 2.78 bits per heavy atom. The van der Waals surface area contributed by atoms with Gasteiger partial charge in [0.15, 0.2) is 5.69 Å². The van der Waals surface area contributed by atoms with Gasteiger partial charge in [0.1, 0.15) is 5.75 Å². The number of carbonyl (C=O) groups excluding carboxylic acids is 1. The maximum atomic E-state index is 13.4. The molecular formula is C23H23ClN4O3S. The van der Waals surface area contributed by atoms with E-state index in [1.54, 1.807) is 17.0 Å². The predicted molar refractivity (Wildman–Crippen MR) is 125 cm³/mol. The number of hydrogen-bond acceptors (Lipinski definition) is 7. The summed E-state index contributed by atoms with van der Waals surface area (Å²) in [6, 6.07) is 12.9. The number of halogens is 1. The molecule has 0 saturated carbocycles. The zero-order valence-electron chi connectivity index (χ0n) is 18.0. The lowest BCUT2D eigenvalue weighted by Gasteiger charge is -2.31. The summed E-state index contributed by atoms with van der Waals surface area (Å²) in [5, 5.41) is 9.54. The molecule has 0 aliphatic carbocycles. The molecule has 0 N–H and O–H groups in total. The number of aromatic nitrogens is 3. The van der Waals surface area contributed by atoms with E-state index >= 15 is 0 Å². The molecule has 1 aliphatic heterocycles. The van der Waals surface area contributed by atoms with Gasteiger partial charge in [-0.2, -0.15) is 4.98 Å². The molecule has 0 unspecified atom stereocenters. The van der Waals surface area contributed by atoms with Crippen LogP contribution >= 0.6 is 23.4 Å². The second kappa shape index (κ2) is 9.75. The van der Waals surface area contributed by atoms with Crippen LogP contribution in [0.15, 0.2) is 47.6 Å². The Morgan fingerprint density at radius 2 is 2.03 bits per heavy atom. The third kappa shape index (κ3) is 4.25. The molecule has 0 spiro atoms. The first kappa shape index (κ1) is 22.4. The number of nitrogens with zero attached hydrogens (tertiary/aromatic N) is 4. The first-order chi connectivity index (χ1) is 15.6. The molecule has 2 aromatic carbocycles. The molecule has 2 heterocycles. The smallest absolute Gasteiger partial charge is 0.247 e. The summed E-state index contributed by atoms with van der Waals surface area (Å²) in [5.74, 6) is 0.842. The van der Waals surface area contributed by atoms with E-state index in [0.717, 1.165) is 5.56 Å². The number of rotatable bonds is 6. The van der Waals surface area contributed by atoms with Crippen LogP contribution < -0.4 is 14.4 Å². The van der Waals surface area contributed by atoms with Gasteiger partial charge in [-0.15, -0.1) is 10.2 Å². The molecule has 0 bridgehead atoms. The molecule has 1 atom stereocenters. The van der Waals surface area contributed by atoms with Gasteiger partial charge in [0.2, 0.25) is 23.2 Å². The molecule has 9 heteroatoms. The van der Waals surface area contributed by atoms with E-state index in [9.17, 15) is 4.79 Å². The molecular weight excluding hydrogens is 448 g/mol. The van der Waals surface area contributed by atoms with Crippen LogP contribution in [-0.4, -0.2) is 34.0 Å². The van der Waals surface area contributed by atoms with Gasteiger partial charge in [0.25, 0.3) is 0 Å². The number of para-hydroxylation sites is 1. The highest BCUT2D eigenvalue weighted by Gasteiger charge is 2.37. The monoisotopic (exact) mass is 470 g/mol. The van der Waals surface area contributed by atoms with Crippen molar-refractivity contribution in [3.05, 3.63) is 53.1 Å². The van der Waals surface area contributed by atoms with Crippen LogP contribution in [0, 0.1) is 0 Å². The Morgan fingerprint density at radius 1 is 1.22 bits per heavy atom. The van der Waals surface area contributed by atoms with Gasteiger partial charge in [-0.25, -0.2) is 0 Å². The van der Waals surface area contributed by atoms with E-state index in [1.165, 1.54) is 11.8 Å². The lowest BCUT2D eigenvalue weighted by atomic mass is 10.1. The molecule has 0 saturated heterocycles. The molecule has 7 nitrogen and oxygen atoms in total. The summed E-state index contributed by atoms with van der Waals surface area (Å²) in [7, 11) is 0. The van der Waals surface area contributed by atoms with Crippen LogP contribution in [0.1, 0.15) is 38.5 Å². The largest absolute Gasteiger partial charge is 0.493 e. The molecule has 1 aromatic heterocycles. The number of carbonyl (C=O) groups is 1. The van der Waals surface area contributed by atoms with E-state index in [0.29, 0.717) is 52.3 Å². The number of fused-ring (bicyclic) bond motifs is 3. The SMILES string of the molecule is CCCC(=O)N1c2ccc(Cl)cc2-c2nnc(SC)nc2O[C@@H]1c1ccccc1OCC. The van der Waals surface area contributed by atoms with Crippen LogP contribution in [0.25, 0.3) is 11.3 Å². The zero-order valence-corrected chi connectivity index (χ0v) is 19.6. The number of thioether (sulfide) groups is 1. The Labute approximate surface area is 196 Å². The Bertz CT molecular complexity index is 1140. The molecule has 4 rings (SSSR count). The normalized spacial score (nSPS) is 14.8. The standard InChI is InChI=1S/C23H23ClN4O3S/c1-4-8-19(29)28-17-12-11-14(24)13-16(17)20-21(25-23(32-3)27-26-20)31-22(28)15-9-6-7-10-18(15)30-5-2/h6-7,9-13,22H,4-5,8H2,1-3H3/t22-/m1/s1. The second-order valence-electron chi connectivity index (χ2n) is 7.07. The zero-order chi connectivity index (χ0) is 22.7. The van der Waals surface area contributed by atoms with Crippen molar-refractivity contribution in [2.45, 2.75) is 38.1 Å². The average Bonchev–Trinajstić information content (AvgIpc) is 2.93. The van der Waals surface area contributed by atoms with Crippen molar-refractivity contribution in [2.24, 2.45) is 0 Å². The molecule has 0 radical (unpaired) electrons. The molecule has 166 valence electrons. The lowest BCUT2D eigenvalue weighted by molar-refractivity contribution is -0.120. The predicted octanol–water partition coefficient (Wildman–Crippen LogP) is 5.54. The van der Waals surface area contributed by atoms with Gasteiger partial charge in [0, 0.05) is 17.0 Å². The van der Waals surface area contributed by atoms with E-state index < -0.39 is 6.23 Å². The summed E-state index contributed by atoms with van der Waals surface area (Å²) in [4.78, 5) is 19.6. The molecule has 1 aliphatic rings. The van der Waals surface area contributed by atoms with Crippen molar-refractivity contribution in [1.29, 1.82) is 0 Å². The average molecular weight is 471 g/mol. The minimum absolute atomic E-state index is 0.0850. The Balaban J connectivity index is 1.99. The van der Waals surface area contributed by atoms with Crippen LogP contribution in [0.5, 0.6) is 11.6 Å². The first-order valence-electron chi connectivity index (χ1n) is 10.4. The minimum atomic E-state index is -0.801. The van der Waals surface area contributed by atoms with Gasteiger partial charge in [-0.05, 0) is 49.9 Å². The fourth-order valence-electron chi connectivity index (χ4n) is 3.60. The summed E-state index contributed by atoms with van der Waals surface area (Å²) < 4.78 is 12.3.